The highest BCUT2D eigenvalue weighted by molar-refractivity contribution is 5.87. The maximum Gasteiger partial charge on any atom is 0.172 e. The Bertz CT molecular complexity index is 896. The normalized spacial score (nSPS) is 40.8. The second-order valence-electron chi connectivity index (χ2n) is 10.8. The Morgan fingerprint density at radius 1 is 1.06 bits per heavy atom. The maximum absolute atomic E-state index is 13.1. The van der Waals surface area contributed by atoms with Gasteiger partial charge in [-0.2, -0.15) is 0 Å². The lowest BCUT2D eigenvalue weighted by Gasteiger charge is -2.56. The van der Waals surface area contributed by atoms with Crippen LogP contribution in [-0.4, -0.2) is 31.9 Å². The minimum Gasteiger partial charge on any atom is -0.497 e. The molecule has 3 saturated carbocycles. The number of fused-ring (bicyclic) bond motifs is 5. The molecule has 0 aromatic heterocycles. The van der Waals surface area contributed by atoms with Crippen molar-refractivity contribution in [3.8, 4) is 5.75 Å². The average molecular weight is 423 g/mol. The first kappa shape index (κ1) is 20.0. The van der Waals surface area contributed by atoms with Crippen molar-refractivity contribution in [2.45, 2.75) is 63.6 Å². The van der Waals surface area contributed by atoms with Gasteiger partial charge >= 0.3 is 0 Å². The van der Waals surface area contributed by atoms with E-state index in [9.17, 15) is 4.79 Å². The number of allylic oxidation sites excluding steroid dienone is 1. The van der Waals surface area contributed by atoms with Gasteiger partial charge in [-0.1, -0.05) is 30.7 Å². The number of ketones is 1. The van der Waals surface area contributed by atoms with Crippen molar-refractivity contribution in [2.75, 3.05) is 20.3 Å². The quantitative estimate of drug-likeness (QED) is 0.609. The molecule has 4 nitrogen and oxygen atoms in total. The average Bonchev–Trinajstić information content (AvgIpc) is 3.37. The summed E-state index contributed by atoms with van der Waals surface area (Å²) in [4.78, 5) is 13.1. The predicted molar refractivity (Wildman–Crippen MR) is 118 cm³/mol. The van der Waals surface area contributed by atoms with E-state index in [0.29, 0.717) is 35.4 Å². The minimum absolute atomic E-state index is 0.162. The van der Waals surface area contributed by atoms with Crippen LogP contribution in [0.25, 0.3) is 0 Å². The standard InChI is InChI=1S/C27H34O4/c1-26-16-22(17-3-6-19(29-2)7-4-17)25-20-11-12-27(30-13-14-31-27)15-18(20)5-8-21(25)23(26)9-10-24(26)28/h3-7,20-23,25H,8-16H2,1-2H3/t20-,21-,22+,23-,25+,26-/m0/s1. The van der Waals surface area contributed by atoms with Gasteiger partial charge in [-0.25, -0.2) is 0 Å². The van der Waals surface area contributed by atoms with Crippen molar-refractivity contribution in [3.63, 3.8) is 0 Å². The fourth-order valence-corrected chi connectivity index (χ4v) is 8.09. The highest BCUT2D eigenvalue weighted by Gasteiger charge is 2.60. The van der Waals surface area contributed by atoms with Gasteiger partial charge in [-0.3, -0.25) is 4.79 Å². The first-order valence-electron chi connectivity index (χ1n) is 12.2. The number of methoxy groups -OCH3 is 1. The third-order valence-corrected chi connectivity index (χ3v) is 9.52. The fourth-order valence-electron chi connectivity index (χ4n) is 8.09. The van der Waals surface area contributed by atoms with E-state index in [0.717, 1.165) is 63.9 Å². The summed E-state index contributed by atoms with van der Waals surface area (Å²) in [5.74, 6) is 3.79. The molecule has 4 aliphatic carbocycles. The molecule has 1 saturated heterocycles. The lowest BCUT2D eigenvalue weighted by molar-refractivity contribution is -0.176. The molecule has 6 atom stereocenters. The molecule has 1 aromatic carbocycles. The van der Waals surface area contributed by atoms with E-state index in [4.69, 9.17) is 14.2 Å². The number of hydrogen-bond donors (Lipinski definition) is 0. The van der Waals surface area contributed by atoms with Gasteiger partial charge in [0.15, 0.2) is 5.79 Å². The van der Waals surface area contributed by atoms with Gasteiger partial charge in [0.05, 0.1) is 20.3 Å². The van der Waals surface area contributed by atoms with Crippen LogP contribution >= 0.6 is 0 Å². The van der Waals surface area contributed by atoms with Crippen LogP contribution in [0, 0.1) is 29.1 Å². The Labute approximate surface area is 185 Å². The number of carbonyl (C=O) groups excluding carboxylic acids is 1. The summed E-state index contributed by atoms with van der Waals surface area (Å²) in [7, 11) is 1.72. The van der Waals surface area contributed by atoms with E-state index in [-0.39, 0.29) is 11.2 Å². The third kappa shape index (κ3) is 2.97. The zero-order valence-corrected chi connectivity index (χ0v) is 18.8. The Hall–Kier alpha value is -1.65. The summed E-state index contributed by atoms with van der Waals surface area (Å²) in [6, 6.07) is 8.67. The summed E-state index contributed by atoms with van der Waals surface area (Å²) >= 11 is 0. The Morgan fingerprint density at radius 2 is 1.84 bits per heavy atom. The van der Waals surface area contributed by atoms with Gasteiger partial charge in [-0.15, -0.1) is 0 Å². The molecule has 0 bridgehead atoms. The number of benzene rings is 1. The van der Waals surface area contributed by atoms with Crippen LogP contribution in [0.3, 0.4) is 0 Å². The number of rotatable bonds is 2. The van der Waals surface area contributed by atoms with Gasteiger partial charge < -0.3 is 14.2 Å². The molecule has 5 aliphatic rings. The SMILES string of the molecule is COc1ccc([C@H]2C[C@]3(C)C(=O)CC[C@H]3[C@@H]3CC=C4CC5(CC[C@@H]4[C@H]32)OCCO5)cc1. The van der Waals surface area contributed by atoms with Crippen molar-refractivity contribution in [2.24, 2.45) is 29.1 Å². The zero-order valence-electron chi connectivity index (χ0n) is 18.8. The molecule has 1 aromatic rings. The fraction of sp³-hybridized carbons (Fsp3) is 0.667. The molecule has 6 rings (SSSR count). The van der Waals surface area contributed by atoms with Gasteiger partial charge in [0.1, 0.15) is 11.5 Å². The van der Waals surface area contributed by atoms with Crippen LogP contribution in [0.2, 0.25) is 0 Å². The van der Waals surface area contributed by atoms with E-state index in [1.165, 1.54) is 5.56 Å². The molecule has 4 heteroatoms. The number of Topliss-reactive ketones (excluding diaryl/α,β-unsaturated/α-hetero) is 1. The Balaban J connectivity index is 1.39. The van der Waals surface area contributed by atoms with E-state index in [2.05, 4.69) is 37.3 Å². The van der Waals surface area contributed by atoms with E-state index >= 15 is 0 Å². The second kappa shape index (κ2) is 7.18. The van der Waals surface area contributed by atoms with Gasteiger partial charge in [0, 0.05) is 24.7 Å². The molecule has 31 heavy (non-hydrogen) atoms. The van der Waals surface area contributed by atoms with Crippen LogP contribution in [0.4, 0.5) is 0 Å². The van der Waals surface area contributed by atoms with Crippen molar-refractivity contribution < 1.29 is 19.0 Å². The van der Waals surface area contributed by atoms with Gasteiger partial charge in [0.2, 0.25) is 0 Å². The topological polar surface area (TPSA) is 44.8 Å². The first-order valence-corrected chi connectivity index (χ1v) is 12.2. The number of carbonyl (C=O) groups is 1. The smallest absolute Gasteiger partial charge is 0.172 e. The molecule has 0 amide bonds. The zero-order chi connectivity index (χ0) is 21.2. The summed E-state index contributed by atoms with van der Waals surface area (Å²) < 4.78 is 17.6. The van der Waals surface area contributed by atoms with Crippen molar-refractivity contribution in [3.05, 3.63) is 41.5 Å². The molecule has 1 heterocycles. The second-order valence-corrected chi connectivity index (χ2v) is 10.8. The molecule has 1 aliphatic heterocycles. The molecular formula is C27H34O4. The number of hydrogen-bond acceptors (Lipinski definition) is 4. The summed E-state index contributed by atoms with van der Waals surface area (Å²) in [6.07, 6.45) is 9.52. The Morgan fingerprint density at radius 3 is 2.58 bits per heavy atom. The van der Waals surface area contributed by atoms with Gasteiger partial charge in [-0.05, 0) is 73.0 Å². The lowest BCUT2D eigenvalue weighted by atomic mass is 9.48. The van der Waals surface area contributed by atoms with Gasteiger partial charge in [0.25, 0.3) is 0 Å². The minimum atomic E-state index is -0.364. The third-order valence-electron chi connectivity index (χ3n) is 9.52. The molecule has 4 fully saturated rings. The molecule has 1 spiro atoms. The van der Waals surface area contributed by atoms with Crippen LogP contribution in [-0.2, 0) is 14.3 Å². The summed E-state index contributed by atoms with van der Waals surface area (Å²) in [5, 5.41) is 0. The van der Waals surface area contributed by atoms with Crippen molar-refractivity contribution in [1.29, 1.82) is 0 Å². The van der Waals surface area contributed by atoms with Crippen molar-refractivity contribution >= 4 is 5.78 Å². The van der Waals surface area contributed by atoms with Crippen LogP contribution in [0.15, 0.2) is 35.9 Å². The molecule has 0 unspecified atom stereocenters. The predicted octanol–water partition coefficient (Wildman–Crippen LogP) is 5.27. The monoisotopic (exact) mass is 422 g/mol. The molecular weight excluding hydrogens is 388 g/mol. The molecule has 166 valence electrons. The summed E-state index contributed by atoms with van der Waals surface area (Å²) in [5.41, 5.74) is 2.77. The van der Waals surface area contributed by atoms with Crippen molar-refractivity contribution in [1.82, 2.24) is 0 Å². The largest absolute Gasteiger partial charge is 0.497 e. The Kier molecular flexibility index (Phi) is 4.63. The van der Waals surface area contributed by atoms with E-state index < -0.39 is 0 Å². The highest BCUT2D eigenvalue weighted by atomic mass is 16.7. The first-order chi connectivity index (χ1) is 15.0. The molecule has 0 radical (unpaired) electrons. The lowest BCUT2D eigenvalue weighted by Crippen LogP contribution is -2.51. The van der Waals surface area contributed by atoms with Crippen LogP contribution < -0.4 is 4.74 Å². The molecule has 0 N–H and O–H groups in total. The highest BCUT2D eigenvalue weighted by Crippen LogP contribution is 2.64. The van der Waals surface area contributed by atoms with E-state index in [1.54, 1.807) is 12.7 Å². The number of ether oxygens (including phenoxy) is 3. The van der Waals surface area contributed by atoms with Crippen LogP contribution in [0.1, 0.15) is 63.4 Å². The van der Waals surface area contributed by atoms with E-state index in [1.807, 2.05) is 0 Å². The summed E-state index contributed by atoms with van der Waals surface area (Å²) in [6.45, 7) is 3.72. The van der Waals surface area contributed by atoms with Crippen LogP contribution in [0.5, 0.6) is 5.75 Å². The maximum atomic E-state index is 13.1.